The zero-order valence-electron chi connectivity index (χ0n) is 14.2. The van der Waals surface area contributed by atoms with E-state index >= 15 is 0 Å². The molecule has 2 N–H and O–H groups in total. The third-order valence-corrected chi connectivity index (χ3v) is 5.22. The van der Waals surface area contributed by atoms with Crippen LogP contribution < -0.4 is 15.4 Å². The molecule has 1 amide bonds. The second kappa shape index (κ2) is 7.51. The molecule has 3 rings (SSSR count). The lowest BCUT2D eigenvalue weighted by molar-refractivity contribution is -0.111. The van der Waals surface area contributed by atoms with Gasteiger partial charge in [0.2, 0.25) is 5.91 Å². The molecule has 5 nitrogen and oxygen atoms in total. The highest BCUT2D eigenvalue weighted by Crippen LogP contribution is 2.34. The van der Waals surface area contributed by atoms with E-state index in [0.29, 0.717) is 16.3 Å². The quantitative estimate of drug-likeness (QED) is 0.828. The van der Waals surface area contributed by atoms with Crippen LogP contribution in [0.3, 0.4) is 0 Å². The van der Waals surface area contributed by atoms with Crippen molar-refractivity contribution in [1.82, 2.24) is 5.32 Å². The molecule has 0 unspecified atom stereocenters. The van der Waals surface area contributed by atoms with Crippen molar-refractivity contribution in [3.8, 4) is 11.8 Å². The molecular weight excluding hydrogens is 334 g/mol. The Kier molecular flexibility index (Phi) is 5.17. The van der Waals surface area contributed by atoms with Gasteiger partial charge in [-0.2, -0.15) is 5.26 Å². The second-order valence-corrected chi connectivity index (χ2v) is 6.92. The summed E-state index contributed by atoms with van der Waals surface area (Å²) in [7, 11) is 1.60. The summed E-state index contributed by atoms with van der Waals surface area (Å²) in [4.78, 5) is 13.4. The molecule has 0 fully saturated rings. The Bertz CT molecular complexity index is 878. The normalized spacial score (nSPS) is 13.3. The van der Waals surface area contributed by atoms with E-state index in [4.69, 9.17) is 4.74 Å². The summed E-state index contributed by atoms with van der Waals surface area (Å²) in [5.74, 6) is 0.455. The maximum absolute atomic E-state index is 12.3. The molecule has 0 radical (unpaired) electrons. The number of hydrogen-bond acceptors (Lipinski definition) is 5. The molecule has 1 aromatic heterocycles. The molecule has 0 atom stereocenters. The van der Waals surface area contributed by atoms with Crippen molar-refractivity contribution >= 4 is 28.3 Å². The van der Waals surface area contributed by atoms with Crippen LogP contribution in [0.25, 0.3) is 6.08 Å². The summed E-state index contributed by atoms with van der Waals surface area (Å²) in [6.45, 7) is 3.60. The highest BCUT2D eigenvalue weighted by Gasteiger charge is 2.21. The average Bonchev–Trinajstić information content (AvgIpc) is 2.97. The smallest absolute Gasteiger partial charge is 0.249 e. The van der Waals surface area contributed by atoms with Gasteiger partial charge in [-0.05, 0) is 43.7 Å². The highest BCUT2D eigenvalue weighted by atomic mass is 32.1. The Hall–Kier alpha value is -2.62. The van der Waals surface area contributed by atoms with Crippen LogP contribution >= 0.6 is 11.3 Å². The number of carbonyl (C=O) groups is 1. The third-order valence-electron chi connectivity index (χ3n) is 4.08. The van der Waals surface area contributed by atoms with Crippen molar-refractivity contribution in [2.45, 2.75) is 19.9 Å². The van der Waals surface area contributed by atoms with Gasteiger partial charge in [0.1, 0.15) is 16.8 Å². The maximum atomic E-state index is 12.3. The minimum atomic E-state index is -0.258. The minimum absolute atomic E-state index is 0.258. The van der Waals surface area contributed by atoms with Crippen LogP contribution in [-0.2, 0) is 17.8 Å². The first-order valence-electron chi connectivity index (χ1n) is 8.01. The van der Waals surface area contributed by atoms with Crippen molar-refractivity contribution < 1.29 is 9.53 Å². The average molecular weight is 353 g/mol. The Morgan fingerprint density at radius 3 is 3.08 bits per heavy atom. The van der Waals surface area contributed by atoms with Crippen LogP contribution in [0.15, 0.2) is 24.3 Å². The molecule has 25 heavy (non-hydrogen) atoms. The standard InChI is InChI=1S/C19H19N3O2S/c1-12-3-5-16(24-2)13(9-12)4-6-18(23)22-19-15(10-20)14-7-8-21-11-17(14)25-19/h3-6,9,21H,7-8,11H2,1-2H3,(H,22,23)/b6-4-. The van der Waals surface area contributed by atoms with Gasteiger partial charge in [-0.3, -0.25) is 4.79 Å². The first-order chi connectivity index (χ1) is 12.1. The van der Waals surface area contributed by atoms with E-state index in [1.807, 2.05) is 25.1 Å². The molecule has 0 saturated carbocycles. The molecule has 1 aliphatic heterocycles. The summed E-state index contributed by atoms with van der Waals surface area (Å²) < 4.78 is 5.31. The number of nitrogens with one attached hydrogen (secondary N) is 2. The summed E-state index contributed by atoms with van der Waals surface area (Å²) in [6.07, 6.45) is 4.01. The van der Waals surface area contributed by atoms with Crippen LogP contribution in [0.4, 0.5) is 5.00 Å². The van der Waals surface area contributed by atoms with E-state index in [1.165, 1.54) is 17.4 Å². The van der Waals surface area contributed by atoms with Crippen molar-refractivity contribution in [3.05, 3.63) is 51.4 Å². The Labute approximate surface area is 150 Å². The van der Waals surface area contributed by atoms with Gasteiger partial charge in [0.25, 0.3) is 0 Å². The third kappa shape index (κ3) is 3.73. The molecule has 0 saturated heterocycles. The molecule has 2 heterocycles. The molecule has 6 heteroatoms. The van der Waals surface area contributed by atoms with Crippen LogP contribution in [0.2, 0.25) is 0 Å². The molecule has 128 valence electrons. The number of nitrogens with zero attached hydrogens (tertiary/aromatic N) is 1. The molecule has 1 aromatic carbocycles. The number of hydrogen-bond donors (Lipinski definition) is 2. The summed E-state index contributed by atoms with van der Waals surface area (Å²) in [5.41, 5.74) is 3.58. The number of carbonyl (C=O) groups excluding carboxylic acids is 1. The van der Waals surface area contributed by atoms with E-state index in [9.17, 15) is 10.1 Å². The van der Waals surface area contributed by atoms with Gasteiger partial charge in [-0.15, -0.1) is 11.3 Å². The monoisotopic (exact) mass is 353 g/mol. The van der Waals surface area contributed by atoms with Gasteiger partial charge in [-0.25, -0.2) is 0 Å². The Morgan fingerprint density at radius 2 is 2.32 bits per heavy atom. The van der Waals surface area contributed by atoms with E-state index in [1.54, 1.807) is 13.2 Å². The summed E-state index contributed by atoms with van der Waals surface area (Å²) in [6, 6.07) is 8.02. The summed E-state index contributed by atoms with van der Waals surface area (Å²) in [5, 5.41) is 16.2. The molecular formula is C19H19N3O2S. The van der Waals surface area contributed by atoms with Gasteiger partial charge >= 0.3 is 0 Å². The van der Waals surface area contributed by atoms with Gasteiger partial charge in [-0.1, -0.05) is 11.6 Å². The maximum Gasteiger partial charge on any atom is 0.249 e. The highest BCUT2D eigenvalue weighted by molar-refractivity contribution is 7.16. The first-order valence-corrected chi connectivity index (χ1v) is 8.83. The fourth-order valence-electron chi connectivity index (χ4n) is 2.84. The van der Waals surface area contributed by atoms with E-state index < -0.39 is 0 Å². The van der Waals surface area contributed by atoms with Crippen LogP contribution in [0, 0.1) is 18.3 Å². The number of methoxy groups -OCH3 is 1. The predicted molar refractivity (Wildman–Crippen MR) is 99.8 cm³/mol. The number of amides is 1. The lowest BCUT2D eigenvalue weighted by Crippen LogP contribution is -2.22. The fourth-order valence-corrected chi connectivity index (χ4v) is 4.01. The molecule has 0 bridgehead atoms. The second-order valence-electron chi connectivity index (χ2n) is 5.81. The number of fused-ring (bicyclic) bond motifs is 1. The minimum Gasteiger partial charge on any atom is -0.496 e. The van der Waals surface area contributed by atoms with E-state index in [2.05, 4.69) is 16.7 Å². The fraction of sp³-hybridized carbons (Fsp3) is 0.263. The number of benzene rings is 1. The first kappa shape index (κ1) is 17.2. The molecule has 0 spiro atoms. The zero-order chi connectivity index (χ0) is 17.8. The lowest BCUT2D eigenvalue weighted by Gasteiger charge is -2.11. The Balaban J connectivity index is 1.79. The number of thiophene rings is 1. The molecule has 0 aliphatic carbocycles. The number of aryl methyl sites for hydroxylation is 1. The number of anilines is 1. The zero-order valence-corrected chi connectivity index (χ0v) is 15.0. The van der Waals surface area contributed by atoms with Crippen molar-refractivity contribution in [2.24, 2.45) is 0 Å². The number of rotatable bonds is 4. The van der Waals surface area contributed by atoms with E-state index in [0.717, 1.165) is 41.1 Å². The SMILES string of the molecule is COc1ccc(C)cc1/C=C\C(=O)Nc1sc2c(c1C#N)CCNC2. The molecule has 1 aliphatic rings. The molecule has 2 aromatic rings. The topological polar surface area (TPSA) is 74.1 Å². The van der Waals surface area contributed by atoms with Crippen molar-refractivity contribution in [2.75, 3.05) is 19.0 Å². The van der Waals surface area contributed by atoms with Crippen molar-refractivity contribution in [3.63, 3.8) is 0 Å². The Morgan fingerprint density at radius 1 is 1.48 bits per heavy atom. The largest absolute Gasteiger partial charge is 0.496 e. The van der Waals surface area contributed by atoms with Gasteiger partial charge in [0, 0.05) is 23.1 Å². The summed E-state index contributed by atoms with van der Waals surface area (Å²) >= 11 is 1.47. The van der Waals surface area contributed by atoms with E-state index in [-0.39, 0.29) is 5.91 Å². The number of ether oxygens (including phenoxy) is 1. The van der Waals surface area contributed by atoms with Gasteiger partial charge in [0.15, 0.2) is 0 Å². The predicted octanol–water partition coefficient (Wildman–Crippen LogP) is 3.23. The van der Waals surface area contributed by atoms with Gasteiger partial charge in [0.05, 0.1) is 12.7 Å². The lowest BCUT2D eigenvalue weighted by atomic mass is 10.1. The number of nitriles is 1. The van der Waals surface area contributed by atoms with Crippen LogP contribution in [-0.4, -0.2) is 19.6 Å². The van der Waals surface area contributed by atoms with Crippen molar-refractivity contribution in [1.29, 1.82) is 5.26 Å². The van der Waals surface area contributed by atoms with Gasteiger partial charge < -0.3 is 15.4 Å². The van der Waals surface area contributed by atoms with Crippen LogP contribution in [0.5, 0.6) is 5.75 Å². The van der Waals surface area contributed by atoms with Crippen LogP contribution in [0.1, 0.15) is 27.1 Å².